The van der Waals surface area contributed by atoms with E-state index in [2.05, 4.69) is 4.98 Å². The minimum atomic E-state index is 0.250. The Morgan fingerprint density at radius 1 is 1.47 bits per heavy atom. The van der Waals surface area contributed by atoms with E-state index in [-0.39, 0.29) is 5.78 Å². The Morgan fingerprint density at radius 3 is 2.80 bits per heavy atom. The highest BCUT2D eigenvalue weighted by atomic mass is 32.1. The molecule has 0 N–H and O–H groups in total. The summed E-state index contributed by atoms with van der Waals surface area (Å²) >= 11 is 1.52. The van der Waals surface area contributed by atoms with Crippen LogP contribution in [0.5, 0.6) is 0 Å². The van der Waals surface area contributed by atoms with Gasteiger partial charge in [-0.15, -0.1) is 11.3 Å². The summed E-state index contributed by atoms with van der Waals surface area (Å²) in [6, 6.07) is 0. The third-order valence-corrected chi connectivity index (χ3v) is 4.01. The van der Waals surface area contributed by atoms with Crippen LogP contribution in [-0.4, -0.2) is 10.8 Å². The van der Waals surface area contributed by atoms with E-state index in [4.69, 9.17) is 0 Å². The summed E-state index contributed by atoms with van der Waals surface area (Å²) < 4.78 is 0. The highest BCUT2D eigenvalue weighted by Crippen LogP contribution is 2.28. The van der Waals surface area contributed by atoms with Gasteiger partial charge in [-0.2, -0.15) is 0 Å². The van der Waals surface area contributed by atoms with E-state index in [1.54, 1.807) is 6.20 Å². The van der Waals surface area contributed by atoms with Crippen LogP contribution < -0.4 is 0 Å². The van der Waals surface area contributed by atoms with Crippen molar-refractivity contribution in [2.24, 2.45) is 5.92 Å². The lowest BCUT2D eigenvalue weighted by Crippen LogP contribution is -2.12. The lowest BCUT2D eigenvalue weighted by Gasteiger charge is -2.20. The van der Waals surface area contributed by atoms with Gasteiger partial charge in [0.15, 0.2) is 10.8 Å². The zero-order chi connectivity index (χ0) is 10.7. The number of hydrogen-bond acceptors (Lipinski definition) is 3. The first kappa shape index (κ1) is 10.8. The van der Waals surface area contributed by atoms with Crippen molar-refractivity contribution in [3.05, 3.63) is 16.1 Å². The van der Waals surface area contributed by atoms with E-state index >= 15 is 0 Å². The molecule has 1 aliphatic carbocycles. The van der Waals surface area contributed by atoms with E-state index in [1.165, 1.54) is 43.4 Å². The van der Waals surface area contributed by atoms with Gasteiger partial charge in [-0.1, -0.05) is 32.1 Å². The summed E-state index contributed by atoms with van der Waals surface area (Å²) in [5.74, 6) is 0.871. The molecule has 1 aliphatic rings. The molecule has 82 valence electrons. The van der Waals surface area contributed by atoms with Crippen LogP contribution >= 0.6 is 11.3 Å². The Balaban J connectivity index is 1.91. The van der Waals surface area contributed by atoms with Crippen molar-refractivity contribution in [3.63, 3.8) is 0 Å². The van der Waals surface area contributed by atoms with Gasteiger partial charge in [-0.25, -0.2) is 4.98 Å². The molecule has 0 saturated heterocycles. The SMILES string of the molecule is Cc1cnc(C(=O)CC2CCCCC2)s1. The molecule has 0 radical (unpaired) electrons. The van der Waals surface area contributed by atoms with Crippen LogP contribution in [0.3, 0.4) is 0 Å². The van der Waals surface area contributed by atoms with Crippen LogP contribution in [0.15, 0.2) is 6.20 Å². The Morgan fingerprint density at radius 2 is 2.20 bits per heavy atom. The maximum atomic E-state index is 11.9. The Kier molecular flexibility index (Phi) is 3.52. The fourth-order valence-electron chi connectivity index (χ4n) is 2.22. The molecule has 1 aromatic heterocycles. The van der Waals surface area contributed by atoms with Gasteiger partial charge in [-0.05, 0) is 12.8 Å². The topological polar surface area (TPSA) is 30.0 Å². The Labute approximate surface area is 94.7 Å². The normalized spacial score (nSPS) is 17.9. The van der Waals surface area contributed by atoms with E-state index in [1.807, 2.05) is 6.92 Å². The lowest BCUT2D eigenvalue weighted by atomic mass is 9.86. The minimum Gasteiger partial charge on any atom is -0.292 e. The van der Waals surface area contributed by atoms with Crippen molar-refractivity contribution in [2.45, 2.75) is 45.4 Å². The third kappa shape index (κ3) is 2.88. The summed E-state index contributed by atoms with van der Waals surface area (Å²) in [6.07, 6.45) is 8.92. The highest BCUT2D eigenvalue weighted by Gasteiger charge is 2.19. The summed E-state index contributed by atoms with van der Waals surface area (Å²) in [4.78, 5) is 17.2. The van der Waals surface area contributed by atoms with Crippen molar-refractivity contribution < 1.29 is 4.79 Å². The van der Waals surface area contributed by atoms with Crippen LogP contribution in [0.4, 0.5) is 0 Å². The van der Waals surface area contributed by atoms with Gasteiger partial charge in [0.25, 0.3) is 0 Å². The number of ketones is 1. The third-order valence-electron chi connectivity index (χ3n) is 3.06. The molecule has 0 atom stereocenters. The maximum Gasteiger partial charge on any atom is 0.191 e. The molecule has 0 spiro atoms. The molecule has 15 heavy (non-hydrogen) atoms. The van der Waals surface area contributed by atoms with E-state index in [9.17, 15) is 4.79 Å². The average molecular weight is 223 g/mol. The van der Waals surface area contributed by atoms with Gasteiger partial charge in [0.1, 0.15) is 0 Å². The first-order valence-electron chi connectivity index (χ1n) is 5.71. The first-order valence-corrected chi connectivity index (χ1v) is 6.53. The molecule has 2 rings (SSSR count). The second-order valence-electron chi connectivity index (χ2n) is 4.41. The van der Waals surface area contributed by atoms with E-state index in [0.717, 1.165) is 4.88 Å². The van der Waals surface area contributed by atoms with Crippen LogP contribution in [0.25, 0.3) is 0 Å². The molecular formula is C12H17NOS. The molecule has 1 heterocycles. The smallest absolute Gasteiger partial charge is 0.191 e. The second kappa shape index (κ2) is 4.88. The number of Topliss-reactive ketones (excluding diaryl/α,β-unsaturated/α-hetero) is 1. The fourth-order valence-corrected chi connectivity index (χ4v) is 2.94. The first-order chi connectivity index (χ1) is 7.25. The van der Waals surface area contributed by atoms with E-state index < -0.39 is 0 Å². The summed E-state index contributed by atoms with van der Waals surface area (Å²) in [5, 5.41) is 0.707. The number of hydrogen-bond donors (Lipinski definition) is 0. The number of aryl methyl sites for hydroxylation is 1. The molecule has 0 bridgehead atoms. The number of nitrogens with zero attached hydrogens (tertiary/aromatic N) is 1. The van der Waals surface area contributed by atoms with E-state index in [0.29, 0.717) is 17.3 Å². The molecular weight excluding hydrogens is 206 g/mol. The number of carbonyl (C=O) groups is 1. The van der Waals surface area contributed by atoms with Crippen molar-refractivity contribution in [3.8, 4) is 0 Å². The number of carbonyl (C=O) groups excluding carboxylic acids is 1. The van der Waals surface area contributed by atoms with Crippen molar-refractivity contribution in [2.75, 3.05) is 0 Å². The lowest BCUT2D eigenvalue weighted by molar-refractivity contribution is 0.0950. The molecule has 0 aromatic carbocycles. The van der Waals surface area contributed by atoms with Gasteiger partial charge in [0.2, 0.25) is 0 Å². The van der Waals surface area contributed by atoms with Crippen LogP contribution in [-0.2, 0) is 0 Å². The molecule has 0 unspecified atom stereocenters. The Bertz CT molecular complexity index is 339. The monoisotopic (exact) mass is 223 g/mol. The number of rotatable bonds is 3. The second-order valence-corrected chi connectivity index (χ2v) is 5.64. The average Bonchev–Trinajstić information content (AvgIpc) is 2.66. The van der Waals surface area contributed by atoms with Gasteiger partial charge < -0.3 is 0 Å². The van der Waals surface area contributed by atoms with Crippen LogP contribution in [0.2, 0.25) is 0 Å². The summed E-state index contributed by atoms with van der Waals surface area (Å²) in [5.41, 5.74) is 0. The van der Waals surface area contributed by atoms with Crippen molar-refractivity contribution >= 4 is 17.1 Å². The zero-order valence-corrected chi connectivity index (χ0v) is 9.98. The minimum absolute atomic E-state index is 0.250. The van der Waals surface area contributed by atoms with Crippen LogP contribution in [0.1, 0.15) is 53.2 Å². The molecule has 0 amide bonds. The van der Waals surface area contributed by atoms with Crippen LogP contribution in [0, 0.1) is 12.8 Å². The zero-order valence-electron chi connectivity index (χ0n) is 9.16. The summed E-state index contributed by atoms with van der Waals surface area (Å²) in [7, 11) is 0. The van der Waals surface area contributed by atoms with Crippen molar-refractivity contribution in [1.82, 2.24) is 4.98 Å². The Hall–Kier alpha value is -0.700. The van der Waals surface area contributed by atoms with Gasteiger partial charge in [-0.3, -0.25) is 4.79 Å². The number of aromatic nitrogens is 1. The molecule has 1 saturated carbocycles. The number of thiazole rings is 1. The van der Waals surface area contributed by atoms with Gasteiger partial charge >= 0.3 is 0 Å². The molecule has 3 heteroatoms. The van der Waals surface area contributed by atoms with Gasteiger partial charge in [0.05, 0.1) is 0 Å². The molecule has 1 aromatic rings. The highest BCUT2D eigenvalue weighted by molar-refractivity contribution is 7.13. The van der Waals surface area contributed by atoms with Crippen molar-refractivity contribution in [1.29, 1.82) is 0 Å². The fraction of sp³-hybridized carbons (Fsp3) is 0.667. The quantitative estimate of drug-likeness (QED) is 0.733. The molecule has 2 nitrogen and oxygen atoms in total. The predicted octanol–water partition coefficient (Wildman–Crippen LogP) is 3.60. The predicted molar refractivity (Wildman–Crippen MR) is 62.4 cm³/mol. The largest absolute Gasteiger partial charge is 0.292 e. The van der Waals surface area contributed by atoms with Gasteiger partial charge in [0, 0.05) is 17.5 Å². The summed E-state index contributed by atoms with van der Waals surface area (Å²) in [6.45, 7) is 2.00. The standard InChI is InChI=1S/C12H17NOS/c1-9-8-13-12(15-9)11(14)7-10-5-3-2-4-6-10/h8,10H,2-7H2,1H3. The molecule has 0 aliphatic heterocycles. The maximum absolute atomic E-state index is 11.9. The molecule has 1 fully saturated rings.